The van der Waals surface area contributed by atoms with Gasteiger partial charge in [0, 0.05) is 69.1 Å². The van der Waals surface area contributed by atoms with E-state index in [1.54, 1.807) is 21.8 Å². The van der Waals surface area contributed by atoms with E-state index in [-0.39, 0.29) is 31.1 Å². The molecular formula is C25H30F2N6O3. The Balaban J connectivity index is 1.43. The maximum atomic E-state index is 13.3. The zero-order valence-electron chi connectivity index (χ0n) is 20.3. The number of carbonyl (C=O) groups excluding carboxylic acids is 1. The third-order valence-electron chi connectivity index (χ3n) is 6.89. The largest absolute Gasteiger partial charge is 0.489 e. The highest BCUT2D eigenvalue weighted by molar-refractivity contribution is 6.09. The summed E-state index contributed by atoms with van der Waals surface area (Å²) in [5.74, 6) is 0.347. The summed E-state index contributed by atoms with van der Waals surface area (Å²) in [6, 6.07) is 3.83. The van der Waals surface area contributed by atoms with Crippen LogP contribution < -0.4 is 15.0 Å². The van der Waals surface area contributed by atoms with Crippen molar-refractivity contribution in [1.82, 2.24) is 19.5 Å². The number of ether oxygens (including phenoxy) is 1. The van der Waals surface area contributed by atoms with Crippen molar-refractivity contribution in [2.45, 2.75) is 32.8 Å². The van der Waals surface area contributed by atoms with E-state index in [0.29, 0.717) is 49.5 Å². The van der Waals surface area contributed by atoms with Crippen LogP contribution in [-0.4, -0.2) is 82.4 Å². The fraction of sp³-hybridized carbons (Fsp3) is 0.480. The Morgan fingerprint density at radius 2 is 2.03 bits per heavy atom. The average molecular weight is 501 g/mol. The van der Waals surface area contributed by atoms with Crippen LogP contribution in [0.2, 0.25) is 0 Å². The molecule has 4 heterocycles. The van der Waals surface area contributed by atoms with Crippen molar-refractivity contribution >= 4 is 22.9 Å². The number of nitrogens with zero attached hydrogens (tertiary/aromatic N) is 5. The molecule has 2 atom stereocenters. The number of piperazine rings is 1. The van der Waals surface area contributed by atoms with Crippen molar-refractivity contribution in [3.63, 3.8) is 0 Å². The third-order valence-corrected chi connectivity index (χ3v) is 6.89. The molecule has 36 heavy (non-hydrogen) atoms. The van der Waals surface area contributed by atoms with E-state index < -0.39 is 6.43 Å². The lowest BCUT2D eigenvalue weighted by Crippen LogP contribution is -2.48. The molecule has 0 bridgehead atoms. The van der Waals surface area contributed by atoms with Gasteiger partial charge in [0.1, 0.15) is 17.4 Å². The number of aryl methyl sites for hydroxylation is 1. The number of amides is 1. The quantitative estimate of drug-likeness (QED) is 0.515. The maximum absolute atomic E-state index is 13.3. The van der Waals surface area contributed by atoms with Crippen molar-refractivity contribution in [3.8, 4) is 5.75 Å². The predicted molar refractivity (Wildman–Crippen MR) is 131 cm³/mol. The van der Waals surface area contributed by atoms with E-state index >= 15 is 0 Å². The summed E-state index contributed by atoms with van der Waals surface area (Å²) in [5.41, 5.74) is 4.08. The molecule has 2 aromatic heterocycles. The highest BCUT2D eigenvalue weighted by Crippen LogP contribution is 2.40. The SMILES string of the molecule is Cc1cnc2c(C(=O)Nc3cc4c(cc3N3CCN(CC(F)F)CC3)OC(C(C)CO)C4)cnn2c1. The lowest BCUT2D eigenvalue weighted by Gasteiger charge is -2.37. The van der Waals surface area contributed by atoms with Crippen molar-refractivity contribution in [2.24, 2.45) is 5.92 Å². The molecule has 1 aromatic carbocycles. The first-order valence-electron chi connectivity index (χ1n) is 12.1. The number of hydrogen-bond donors (Lipinski definition) is 2. The van der Waals surface area contributed by atoms with E-state index in [2.05, 4.69) is 20.3 Å². The van der Waals surface area contributed by atoms with Gasteiger partial charge in [0.15, 0.2) is 5.65 Å². The summed E-state index contributed by atoms with van der Waals surface area (Å²) < 4.78 is 33.4. The van der Waals surface area contributed by atoms with Crippen molar-refractivity contribution in [1.29, 1.82) is 0 Å². The molecule has 1 fully saturated rings. The lowest BCUT2D eigenvalue weighted by atomic mass is 10.00. The Labute approximate surface area is 207 Å². The van der Waals surface area contributed by atoms with Crippen LogP contribution in [0.5, 0.6) is 5.75 Å². The van der Waals surface area contributed by atoms with Crippen LogP contribution in [-0.2, 0) is 6.42 Å². The van der Waals surface area contributed by atoms with E-state index in [9.17, 15) is 18.7 Å². The van der Waals surface area contributed by atoms with Gasteiger partial charge in [0.25, 0.3) is 12.3 Å². The van der Waals surface area contributed by atoms with E-state index in [4.69, 9.17) is 4.74 Å². The number of benzene rings is 1. The lowest BCUT2D eigenvalue weighted by molar-refractivity contribution is 0.0854. The number of aromatic nitrogens is 3. The first-order valence-corrected chi connectivity index (χ1v) is 12.1. The Morgan fingerprint density at radius 1 is 1.25 bits per heavy atom. The van der Waals surface area contributed by atoms with E-state index in [1.165, 1.54) is 6.20 Å². The summed E-state index contributed by atoms with van der Waals surface area (Å²) in [7, 11) is 0. The average Bonchev–Trinajstić information content (AvgIpc) is 3.46. The van der Waals surface area contributed by atoms with Gasteiger partial charge >= 0.3 is 0 Å². The predicted octanol–water partition coefficient (Wildman–Crippen LogP) is 2.61. The number of nitrogens with one attached hydrogen (secondary N) is 1. The normalized spacial score (nSPS) is 18.9. The standard InChI is InChI=1S/C25H30F2N6O3/c1-15-10-28-24-18(11-29-33(24)12-15)25(35)30-19-7-17-8-21(16(2)14-34)36-22(17)9-20(19)32-5-3-31(4-6-32)13-23(26)27/h7,9-12,16,21,23,34H,3-6,8,13-14H2,1-2H3,(H,30,35). The fourth-order valence-electron chi connectivity index (χ4n) is 4.79. The smallest absolute Gasteiger partial charge is 0.261 e. The van der Waals surface area contributed by atoms with Crippen LogP contribution >= 0.6 is 0 Å². The van der Waals surface area contributed by atoms with Gasteiger partial charge in [-0.1, -0.05) is 6.92 Å². The number of carbonyl (C=O) groups is 1. The summed E-state index contributed by atoms with van der Waals surface area (Å²) >= 11 is 0. The number of aliphatic hydroxyl groups excluding tert-OH is 1. The first-order chi connectivity index (χ1) is 17.3. The highest BCUT2D eigenvalue weighted by atomic mass is 19.3. The number of aliphatic hydroxyl groups is 1. The minimum absolute atomic E-state index is 0.0163. The molecule has 5 rings (SSSR count). The number of anilines is 2. The molecule has 0 radical (unpaired) electrons. The van der Waals surface area contributed by atoms with Crippen LogP contribution in [0.15, 0.2) is 30.7 Å². The molecule has 0 saturated carbocycles. The summed E-state index contributed by atoms with van der Waals surface area (Å²) in [6.07, 6.45) is 3.09. The summed E-state index contributed by atoms with van der Waals surface area (Å²) in [5, 5.41) is 16.9. The Kier molecular flexibility index (Phi) is 6.76. The van der Waals surface area contributed by atoms with Crippen molar-refractivity contribution in [2.75, 3.05) is 49.5 Å². The topological polar surface area (TPSA) is 95.2 Å². The Morgan fingerprint density at radius 3 is 2.75 bits per heavy atom. The molecule has 2 aliphatic heterocycles. The van der Waals surface area contributed by atoms with Gasteiger partial charge in [0.05, 0.1) is 24.1 Å². The Hall–Kier alpha value is -3.31. The van der Waals surface area contributed by atoms with Crippen LogP contribution in [0.1, 0.15) is 28.4 Å². The zero-order valence-corrected chi connectivity index (χ0v) is 20.3. The van der Waals surface area contributed by atoms with E-state index in [1.807, 2.05) is 26.0 Å². The molecule has 192 valence electrons. The number of hydrogen-bond acceptors (Lipinski definition) is 7. The number of alkyl halides is 2. The molecule has 0 aliphatic carbocycles. The maximum Gasteiger partial charge on any atom is 0.261 e. The summed E-state index contributed by atoms with van der Waals surface area (Å²) in [4.78, 5) is 21.5. The monoisotopic (exact) mass is 500 g/mol. The van der Waals surface area contributed by atoms with Gasteiger partial charge < -0.3 is 20.1 Å². The number of fused-ring (bicyclic) bond motifs is 2. The zero-order chi connectivity index (χ0) is 25.4. The van der Waals surface area contributed by atoms with Gasteiger partial charge in [-0.2, -0.15) is 5.10 Å². The minimum Gasteiger partial charge on any atom is -0.489 e. The van der Waals surface area contributed by atoms with Crippen molar-refractivity contribution in [3.05, 3.63) is 47.4 Å². The molecule has 11 heteroatoms. The van der Waals surface area contributed by atoms with Crippen molar-refractivity contribution < 1.29 is 23.4 Å². The third kappa shape index (κ3) is 4.85. The molecule has 2 aliphatic rings. The van der Waals surface area contributed by atoms with Gasteiger partial charge in [-0.25, -0.2) is 18.3 Å². The number of halogens is 2. The molecule has 9 nitrogen and oxygen atoms in total. The number of rotatable bonds is 7. The highest BCUT2D eigenvalue weighted by Gasteiger charge is 2.31. The minimum atomic E-state index is -2.37. The van der Waals surface area contributed by atoms with Gasteiger partial charge in [-0.05, 0) is 18.6 Å². The fourth-order valence-corrected chi connectivity index (χ4v) is 4.79. The van der Waals surface area contributed by atoms with Gasteiger partial charge in [0.2, 0.25) is 0 Å². The molecule has 2 unspecified atom stereocenters. The second-order valence-electron chi connectivity index (χ2n) is 9.59. The molecule has 1 amide bonds. The molecule has 3 aromatic rings. The van der Waals surface area contributed by atoms with Gasteiger partial charge in [-0.3, -0.25) is 9.69 Å². The summed E-state index contributed by atoms with van der Waals surface area (Å²) in [6.45, 7) is 5.69. The first kappa shape index (κ1) is 24.4. The van der Waals surface area contributed by atoms with Crippen LogP contribution in [0.25, 0.3) is 5.65 Å². The molecule has 1 saturated heterocycles. The molecule has 2 N–H and O–H groups in total. The molecule has 0 spiro atoms. The van der Waals surface area contributed by atoms with E-state index in [0.717, 1.165) is 22.6 Å². The van der Waals surface area contributed by atoms with Crippen LogP contribution in [0, 0.1) is 12.8 Å². The molecular weight excluding hydrogens is 470 g/mol. The second kappa shape index (κ2) is 9.98. The Bertz CT molecular complexity index is 1260. The van der Waals surface area contributed by atoms with Gasteiger partial charge in [-0.15, -0.1) is 0 Å². The second-order valence-corrected chi connectivity index (χ2v) is 9.59. The van der Waals surface area contributed by atoms with Crippen LogP contribution in [0.4, 0.5) is 20.2 Å². The van der Waals surface area contributed by atoms with Crippen LogP contribution in [0.3, 0.4) is 0 Å².